The third-order valence-electron chi connectivity index (χ3n) is 2.31. The van der Waals surface area contributed by atoms with Crippen LogP contribution in [0.4, 0.5) is 0 Å². The molecule has 2 heterocycles. The van der Waals surface area contributed by atoms with Crippen molar-refractivity contribution in [1.29, 1.82) is 0 Å². The number of nitrogens with zero attached hydrogens (tertiary/aromatic N) is 1. The molecule has 0 spiro atoms. The minimum absolute atomic E-state index is 0.0662. The van der Waals surface area contributed by atoms with E-state index < -0.39 is 0 Å². The molecule has 0 fully saturated rings. The molecule has 0 N–H and O–H groups in total. The number of ketones is 1. The lowest BCUT2D eigenvalue weighted by atomic mass is 10.3. The summed E-state index contributed by atoms with van der Waals surface area (Å²) in [7, 11) is 0. The lowest BCUT2D eigenvalue weighted by Crippen LogP contribution is -2.30. The van der Waals surface area contributed by atoms with Crippen LogP contribution < -0.4 is 14.8 Å². The van der Waals surface area contributed by atoms with Crippen LogP contribution in [0.1, 0.15) is 16.6 Å². The summed E-state index contributed by atoms with van der Waals surface area (Å²) in [6.45, 7) is 6.10. The largest absolute Gasteiger partial charge is 0.299 e. The van der Waals surface area contributed by atoms with Crippen molar-refractivity contribution in [1.82, 2.24) is 4.57 Å². The van der Waals surface area contributed by atoms with Crippen LogP contribution in [0.3, 0.4) is 0 Å². The van der Waals surface area contributed by atoms with Gasteiger partial charge in [-0.2, -0.15) is 0 Å². The highest BCUT2D eigenvalue weighted by atomic mass is 32.1. The molecule has 2 aromatic rings. The maximum Gasteiger partial charge on any atom is 0.268 e. The Bertz CT molecular complexity index is 692. The first-order valence-corrected chi connectivity index (χ1v) is 6.81. The smallest absolute Gasteiger partial charge is 0.268 e. The molecule has 0 amide bonds. The monoisotopic (exact) mass is 265 g/mol. The predicted octanol–water partition coefficient (Wildman–Crippen LogP) is 1.06. The molecule has 2 rings (SSSR count). The molecule has 0 radical (unpaired) electrons. The van der Waals surface area contributed by atoms with E-state index >= 15 is 0 Å². The molecule has 0 saturated carbocycles. The summed E-state index contributed by atoms with van der Waals surface area (Å²) in [4.78, 5) is 24.2. The van der Waals surface area contributed by atoms with Gasteiger partial charge in [0.2, 0.25) is 0 Å². The molecule has 3 nitrogen and oxygen atoms in total. The second-order valence-corrected chi connectivity index (χ2v) is 5.46. The Kier molecular flexibility index (Phi) is 3.40. The van der Waals surface area contributed by atoms with Crippen LogP contribution >= 0.6 is 22.7 Å². The molecular weight excluding hydrogens is 254 g/mol. The number of carbonyl (C=O) groups is 1. The van der Waals surface area contributed by atoms with Crippen LogP contribution in [0.2, 0.25) is 0 Å². The number of thiazole rings is 1. The number of carbonyl (C=O) groups excluding carboxylic acids is 1. The fourth-order valence-electron chi connectivity index (χ4n) is 1.48. The summed E-state index contributed by atoms with van der Waals surface area (Å²) in [6, 6.07) is 3.61. The standard InChI is InChI=1S/C12H11NO2S2/c1-3-13-11(17-8(2)12(13)15)7-9(14)10-5-4-6-16-10/h4-7H,2-3H2,1H3. The Balaban J connectivity index is 2.55. The highest BCUT2D eigenvalue weighted by Crippen LogP contribution is 2.09. The summed E-state index contributed by atoms with van der Waals surface area (Å²) >= 11 is 2.65. The molecule has 0 atom stereocenters. The van der Waals surface area contributed by atoms with Gasteiger partial charge >= 0.3 is 0 Å². The van der Waals surface area contributed by atoms with Crippen molar-refractivity contribution < 1.29 is 4.79 Å². The highest BCUT2D eigenvalue weighted by Gasteiger charge is 2.06. The van der Waals surface area contributed by atoms with Gasteiger partial charge < -0.3 is 0 Å². The lowest BCUT2D eigenvalue weighted by Gasteiger charge is -1.94. The average Bonchev–Trinajstić information content (AvgIpc) is 2.89. The number of thiophene rings is 1. The predicted molar refractivity (Wildman–Crippen MR) is 72.1 cm³/mol. The Labute approximate surface area is 106 Å². The number of Topliss-reactive ketones (excluding diaryl/α,β-unsaturated/α-hetero) is 1. The number of hydrogen-bond acceptors (Lipinski definition) is 4. The third-order valence-corrected chi connectivity index (χ3v) is 4.17. The van der Waals surface area contributed by atoms with Crippen molar-refractivity contribution in [3.63, 3.8) is 0 Å². The summed E-state index contributed by atoms with van der Waals surface area (Å²) in [5.74, 6) is -0.0662. The van der Waals surface area contributed by atoms with E-state index in [9.17, 15) is 9.59 Å². The van der Waals surface area contributed by atoms with Gasteiger partial charge in [0.05, 0.1) is 9.41 Å². The normalized spacial score (nSPS) is 11.9. The van der Waals surface area contributed by atoms with Gasteiger partial charge in [-0.25, -0.2) is 0 Å². The zero-order chi connectivity index (χ0) is 12.4. The first-order valence-electron chi connectivity index (χ1n) is 5.11. The van der Waals surface area contributed by atoms with E-state index in [1.54, 1.807) is 10.6 Å². The number of aromatic nitrogens is 1. The third kappa shape index (κ3) is 2.30. The molecule has 0 aliphatic rings. The van der Waals surface area contributed by atoms with Crippen molar-refractivity contribution >= 4 is 41.1 Å². The van der Waals surface area contributed by atoms with Gasteiger partial charge in [-0.1, -0.05) is 12.6 Å². The van der Waals surface area contributed by atoms with Gasteiger partial charge in [-0.05, 0) is 18.4 Å². The van der Waals surface area contributed by atoms with Crippen LogP contribution in [0, 0.1) is 0 Å². The van der Waals surface area contributed by atoms with Crippen molar-refractivity contribution in [3.8, 4) is 0 Å². The quantitative estimate of drug-likeness (QED) is 0.779. The van der Waals surface area contributed by atoms with Crippen molar-refractivity contribution in [2.45, 2.75) is 13.5 Å². The summed E-state index contributed by atoms with van der Waals surface area (Å²) in [5.41, 5.74) is -0.109. The Morgan fingerprint density at radius 1 is 1.59 bits per heavy atom. The van der Waals surface area contributed by atoms with Crippen LogP contribution in [-0.2, 0) is 6.54 Å². The van der Waals surface area contributed by atoms with Gasteiger partial charge in [0.15, 0.2) is 5.78 Å². The molecule has 0 aliphatic heterocycles. The van der Waals surface area contributed by atoms with Gasteiger partial charge in [0.25, 0.3) is 5.56 Å². The van der Waals surface area contributed by atoms with E-state index in [4.69, 9.17) is 0 Å². The van der Waals surface area contributed by atoms with E-state index in [1.807, 2.05) is 18.4 Å². The molecule has 88 valence electrons. The van der Waals surface area contributed by atoms with E-state index in [-0.39, 0.29) is 11.3 Å². The zero-order valence-corrected chi connectivity index (χ0v) is 10.9. The summed E-state index contributed by atoms with van der Waals surface area (Å²) < 4.78 is 2.70. The van der Waals surface area contributed by atoms with Crippen LogP contribution in [-0.4, -0.2) is 10.4 Å². The Hall–Kier alpha value is -1.46. The molecular formula is C12H11NO2S2. The number of rotatable bonds is 3. The molecule has 0 bridgehead atoms. The molecule has 0 aliphatic carbocycles. The van der Waals surface area contributed by atoms with E-state index in [2.05, 4.69) is 6.58 Å². The minimum Gasteiger partial charge on any atom is -0.299 e. The van der Waals surface area contributed by atoms with Crippen LogP contribution in [0.15, 0.2) is 22.3 Å². The van der Waals surface area contributed by atoms with E-state index in [1.165, 1.54) is 28.7 Å². The first-order chi connectivity index (χ1) is 8.13. The Morgan fingerprint density at radius 3 is 2.94 bits per heavy atom. The molecule has 0 saturated heterocycles. The van der Waals surface area contributed by atoms with Gasteiger partial charge in [0.1, 0.15) is 4.66 Å². The molecule has 2 aromatic heterocycles. The molecule has 0 aromatic carbocycles. The van der Waals surface area contributed by atoms with Crippen LogP contribution in [0.5, 0.6) is 0 Å². The van der Waals surface area contributed by atoms with Gasteiger partial charge in [-0.15, -0.1) is 22.7 Å². The SMILES string of the molecule is C=c1sc(=CC(=O)c2cccs2)n(CC)c1=O. The topological polar surface area (TPSA) is 39.1 Å². The maximum atomic E-state index is 11.9. The van der Waals surface area contributed by atoms with Gasteiger partial charge in [-0.3, -0.25) is 14.2 Å². The van der Waals surface area contributed by atoms with Crippen molar-refractivity contribution in [2.75, 3.05) is 0 Å². The highest BCUT2D eigenvalue weighted by molar-refractivity contribution is 7.12. The summed E-state index contributed by atoms with van der Waals surface area (Å²) in [6.07, 6.45) is 1.51. The second-order valence-electron chi connectivity index (χ2n) is 3.40. The van der Waals surface area contributed by atoms with E-state index in [0.29, 0.717) is 20.6 Å². The maximum absolute atomic E-state index is 11.9. The molecule has 5 heteroatoms. The van der Waals surface area contributed by atoms with E-state index in [0.717, 1.165) is 0 Å². The van der Waals surface area contributed by atoms with Gasteiger partial charge in [0, 0.05) is 12.6 Å². The fraction of sp³-hybridized carbons (Fsp3) is 0.167. The Morgan fingerprint density at radius 2 is 2.35 bits per heavy atom. The molecule has 17 heavy (non-hydrogen) atoms. The van der Waals surface area contributed by atoms with Crippen molar-refractivity contribution in [3.05, 3.63) is 41.9 Å². The lowest BCUT2D eigenvalue weighted by molar-refractivity contribution is 0.106. The van der Waals surface area contributed by atoms with Crippen LogP contribution in [0.25, 0.3) is 12.7 Å². The zero-order valence-electron chi connectivity index (χ0n) is 9.30. The number of hydrogen-bond donors (Lipinski definition) is 0. The second kappa shape index (κ2) is 4.81. The average molecular weight is 265 g/mol. The summed E-state index contributed by atoms with van der Waals surface area (Å²) in [5, 5.41) is 1.86. The van der Waals surface area contributed by atoms with Crippen molar-refractivity contribution in [2.24, 2.45) is 0 Å². The first kappa shape index (κ1) is 12.0. The molecule has 0 unspecified atom stereocenters. The fourth-order valence-corrected chi connectivity index (χ4v) is 3.06. The minimum atomic E-state index is -0.109.